The van der Waals surface area contributed by atoms with E-state index in [9.17, 15) is 0 Å². The van der Waals surface area contributed by atoms with Gasteiger partial charge in [-0.3, -0.25) is 0 Å². The van der Waals surface area contributed by atoms with Crippen LogP contribution in [0.2, 0.25) is 0 Å². The molecule has 0 aromatic heterocycles. The highest BCUT2D eigenvalue weighted by atomic mass is 16.7. The van der Waals surface area contributed by atoms with Gasteiger partial charge in [-0.05, 0) is 25.8 Å². The maximum Gasteiger partial charge on any atom is 0.176 e. The zero-order chi connectivity index (χ0) is 10.6. The van der Waals surface area contributed by atoms with Crippen LogP contribution in [0.15, 0.2) is 12.2 Å². The predicted molar refractivity (Wildman–Crippen MR) is 60.3 cm³/mol. The summed E-state index contributed by atoms with van der Waals surface area (Å²) in [6.07, 6.45) is 8.33. The van der Waals surface area contributed by atoms with Gasteiger partial charge in [0.05, 0.1) is 13.2 Å². The van der Waals surface area contributed by atoms with Gasteiger partial charge in [-0.25, -0.2) is 0 Å². The first kappa shape index (κ1) is 13.7. The second-order valence-electron chi connectivity index (χ2n) is 3.34. The fourth-order valence-electron chi connectivity index (χ4n) is 1.00. The Morgan fingerprint density at radius 2 is 1.50 bits per heavy atom. The van der Waals surface area contributed by atoms with E-state index in [1.807, 2.05) is 19.1 Å². The molecule has 0 aromatic rings. The van der Waals surface area contributed by atoms with Crippen molar-refractivity contribution < 1.29 is 9.47 Å². The van der Waals surface area contributed by atoms with Crippen LogP contribution in [-0.4, -0.2) is 19.5 Å². The van der Waals surface area contributed by atoms with E-state index < -0.39 is 0 Å². The zero-order valence-electron chi connectivity index (χ0n) is 9.79. The fourth-order valence-corrected chi connectivity index (χ4v) is 1.00. The number of ether oxygens (including phenoxy) is 2. The van der Waals surface area contributed by atoms with Crippen molar-refractivity contribution in [3.8, 4) is 0 Å². The average Bonchev–Trinajstić information content (AvgIpc) is 2.18. The Labute approximate surface area is 88.3 Å². The molecule has 0 heterocycles. The quantitative estimate of drug-likeness (QED) is 0.322. The van der Waals surface area contributed by atoms with Crippen LogP contribution in [0.25, 0.3) is 0 Å². The highest BCUT2D eigenvalue weighted by molar-refractivity contribution is 4.81. The summed E-state index contributed by atoms with van der Waals surface area (Å²) in [4.78, 5) is 0. The van der Waals surface area contributed by atoms with Crippen molar-refractivity contribution in [3.05, 3.63) is 12.2 Å². The van der Waals surface area contributed by atoms with Gasteiger partial charge in [0.1, 0.15) is 0 Å². The topological polar surface area (TPSA) is 18.5 Å². The fraction of sp³-hybridized carbons (Fsp3) is 0.833. The normalized spacial score (nSPS) is 11.7. The molecule has 0 saturated heterocycles. The van der Waals surface area contributed by atoms with E-state index in [2.05, 4.69) is 13.8 Å². The van der Waals surface area contributed by atoms with Gasteiger partial charge < -0.3 is 9.47 Å². The third kappa shape index (κ3) is 8.27. The maximum atomic E-state index is 5.56. The highest BCUT2D eigenvalue weighted by Crippen LogP contribution is 2.01. The lowest BCUT2D eigenvalue weighted by molar-refractivity contribution is -0.112. The molecule has 0 N–H and O–H groups in total. The van der Waals surface area contributed by atoms with Crippen LogP contribution in [0.5, 0.6) is 0 Å². The van der Waals surface area contributed by atoms with E-state index in [0.29, 0.717) is 0 Å². The molecule has 0 aliphatic heterocycles. The smallest absolute Gasteiger partial charge is 0.176 e. The van der Waals surface area contributed by atoms with Crippen LogP contribution in [0.4, 0.5) is 0 Å². The van der Waals surface area contributed by atoms with E-state index in [1.54, 1.807) is 0 Å². The Bertz CT molecular complexity index is 122. The first-order valence-electron chi connectivity index (χ1n) is 5.71. The molecule has 0 rings (SSSR count). The molecule has 0 bridgehead atoms. The summed E-state index contributed by atoms with van der Waals surface area (Å²) in [5, 5.41) is 0. The van der Waals surface area contributed by atoms with Crippen molar-refractivity contribution in [1.29, 1.82) is 0 Å². The Hall–Kier alpha value is -0.340. The summed E-state index contributed by atoms with van der Waals surface area (Å²) >= 11 is 0. The summed E-state index contributed by atoms with van der Waals surface area (Å²) in [5.41, 5.74) is 0. The molecule has 14 heavy (non-hydrogen) atoms. The van der Waals surface area contributed by atoms with Gasteiger partial charge in [0, 0.05) is 0 Å². The minimum atomic E-state index is -0.141. The summed E-state index contributed by atoms with van der Waals surface area (Å²) in [6, 6.07) is 0. The van der Waals surface area contributed by atoms with Crippen LogP contribution in [0.3, 0.4) is 0 Å². The van der Waals surface area contributed by atoms with Gasteiger partial charge >= 0.3 is 0 Å². The van der Waals surface area contributed by atoms with Crippen molar-refractivity contribution in [3.63, 3.8) is 0 Å². The third-order valence-electron chi connectivity index (χ3n) is 1.91. The average molecular weight is 200 g/mol. The second kappa shape index (κ2) is 10.7. The molecule has 0 saturated carbocycles. The lowest BCUT2D eigenvalue weighted by atomic mass is 10.3. The van der Waals surface area contributed by atoms with Crippen molar-refractivity contribution in [2.24, 2.45) is 0 Å². The number of unbranched alkanes of at least 4 members (excludes halogenated alkanes) is 2. The maximum absolute atomic E-state index is 5.56. The van der Waals surface area contributed by atoms with Gasteiger partial charge in [0.2, 0.25) is 0 Å². The van der Waals surface area contributed by atoms with Crippen molar-refractivity contribution in [2.45, 2.75) is 52.7 Å². The minimum absolute atomic E-state index is 0.141. The van der Waals surface area contributed by atoms with Gasteiger partial charge in [-0.15, -0.1) is 0 Å². The van der Waals surface area contributed by atoms with Gasteiger partial charge in [0.15, 0.2) is 6.29 Å². The molecule has 0 fully saturated rings. The van der Waals surface area contributed by atoms with E-state index in [0.717, 1.165) is 38.9 Å². The molecule has 0 unspecified atom stereocenters. The van der Waals surface area contributed by atoms with Crippen LogP contribution in [0, 0.1) is 0 Å². The monoisotopic (exact) mass is 200 g/mol. The van der Waals surface area contributed by atoms with E-state index in [1.165, 1.54) is 0 Å². The van der Waals surface area contributed by atoms with Crippen LogP contribution >= 0.6 is 0 Å². The Kier molecular flexibility index (Phi) is 10.5. The summed E-state index contributed by atoms with van der Waals surface area (Å²) in [6.45, 7) is 7.88. The number of rotatable bonds is 9. The summed E-state index contributed by atoms with van der Waals surface area (Å²) in [7, 11) is 0. The Morgan fingerprint density at radius 3 is 1.86 bits per heavy atom. The standard InChI is InChI=1S/C12H24O2/c1-4-7-10-13-12(9-6-3)14-11-8-5-2/h6,9,12H,4-5,7-8,10-11H2,1-3H3. The Balaban J connectivity index is 3.55. The van der Waals surface area contributed by atoms with Crippen LogP contribution in [-0.2, 0) is 9.47 Å². The van der Waals surface area contributed by atoms with Crippen molar-refractivity contribution in [2.75, 3.05) is 13.2 Å². The summed E-state index contributed by atoms with van der Waals surface area (Å²) in [5.74, 6) is 0. The SMILES string of the molecule is CC=CC(OCCCC)OCCCC. The number of hydrogen-bond acceptors (Lipinski definition) is 2. The molecule has 0 aromatic carbocycles. The molecule has 0 atom stereocenters. The van der Waals surface area contributed by atoms with E-state index in [4.69, 9.17) is 9.47 Å². The van der Waals surface area contributed by atoms with Crippen LogP contribution in [0.1, 0.15) is 46.5 Å². The minimum Gasteiger partial charge on any atom is -0.349 e. The number of hydrogen-bond donors (Lipinski definition) is 0. The van der Waals surface area contributed by atoms with Crippen molar-refractivity contribution >= 4 is 0 Å². The first-order chi connectivity index (χ1) is 6.85. The molecule has 0 aliphatic carbocycles. The zero-order valence-corrected chi connectivity index (χ0v) is 9.79. The van der Waals surface area contributed by atoms with Gasteiger partial charge in [-0.2, -0.15) is 0 Å². The first-order valence-corrected chi connectivity index (χ1v) is 5.71. The molecule has 0 amide bonds. The van der Waals surface area contributed by atoms with Crippen molar-refractivity contribution in [1.82, 2.24) is 0 Å². The molecule has 0 aliphatic rings. The molecule has 2 heteroatoms. The lowest BCUT2D eigenvalue weighted by Crippen LogP contribution is -2.16. The molecule has 0 radical (unpaired) electrons. The van der Waals surface area contributed by atoms with Gasteiger partial charge in [0.25, 0.3) is 0 Å². The molecular formula is C12H24O2. The lowest BCUT2D eigenvalue weighted by Gasteiger charge is -2.14. The van der Waals surface area contributed by atoms with Crippen LogP contribution < -0.4 is 0 Å². The largest absolute Gasteiger partial charge is 0.349 e. The molecule has 84 valence electrons. The van der Waals surface area contributed by atoms with E-state index in [-0.39, 0.29) is 6.29 Å². The van der Waals surface area contributed by atoms with E-state index >= 15 is 0 Å². The summed E-state index contributed by atoms with van der Waals surface area (Å²) < 4.78 is 11.1. The second-order valence-corrected chi connectivity index (χ2v) is 3.34. The molecular weight excluding hydrogens is 176 g/mol. The third-order valence-corrected chi connectivity index (χ3v) is 1.91. The predicted octanol–water partition coefficient (Wildman–Crippen LogP) is 3.52. The molecule has 2 nitrogen and oxygen atoms in total. The number of allylic oxidation sites excluding steroid dienone is 1. The van der Waals surface area contributed by atoms with Gasteiger partial charge in [-0.1, -0.05) is 32.8 Å². The molecule has 0 spiro atoms. The Morgan fingerprint density at radius 1 is 1.00 bits per heavy atom. The highest BCUT2D eigenvalue weighted by Gasteiger charge is 2.03.